The number of nitrogens with zero attached hydrogens (tertiary/aromatic N) is 3. The highest BCUT2D eigenvalue weighted by Gasteiger charge is 2.21. The van der Waals surface area contributed by atoms with Crippen LogP contribution in [0.1, 0.15) is 60.3 Å². The molecular weight excluding hydrogens is 358 g/mol. The second-order valence-electron chi connectivity index (χ2n) is 7.44. The van der Waals surface area contributed by atoms with Gasteiger partial charge in [-0.3, -0.25) is 19.1 Å². The third-order valence-corrected chi connectivity index (χ3v) is 5.16. The van der Waals surface area contributed by atoms with E-state index in [4.69, 9.17) is 0 Å². The lowest BCUT2D eigenvalue weighted by molar-refractivity contribution is -0.122. The molecule has 8 nitrogen and oxygen atoms in total. The topological polar surface area (TPSA) is 98.0 Å². The van der Waals surface area contributed by atoms with E-state index in [9.17, 15) is 14.4 Å². The van der Waals surface area contributed by atoms with E-state index in [0.29, 0.717) is 0 Å². The minimum atomic E-state index is -0.460. The van der Waals surface area contributed by atoms with E-state index in [1.807, 2.05) is 27.1 Å². The Morgan fingerprint density at radius 2 is 2.04 bits per heavy atom. The molecule has 0 radical (unpaired) electrons. The maximum absolute atomic E-state index is 12.6. The molecule has 2 N–H and O–H groups in total. The first-order valence-electron chi connectivity index (χ1n) is 9.65. The highest BCUT2D eigenvalue weighted by molar-refractivity contribution is 5.94. The van der Waals surface area contributed by atoms with Crippen LogP contribution in [0.25, 0.3) is 0 Å². The van der Waals surface area contributed by atoms with Crippen molar-refractivity contribution in [1.29, 1.82) is 0 Å². The molecule has 2 amide bonds. The molecule has 8 heteroatoms. The van der Waals surface area contributed by atoms with E-state index in [1.165, 1.54) is 16.8 Å². The Morgan fingerprint density at radius 1 is 1.32 bits per heavy atom. The van der Waals surface area contributed by atoms with E-state index in [2.05, 4.69) is 15.7 Å². The maximum Gasteiger partial charge on any atom is 0.263 e. The van der Waals surface area contributed by atoms with Gasteiger partial charge in [0.2, 0.25) is 5.91 Å². The van der Waals surface area contributed by atoms with E-state index >= 15 is 0 Å². The molecular formula is C20H27N5O3. The summed E-state index contributed by atoms with van der Waals surface area (Å²) in [5.74, 6) is -0.669. The molecule has 0 saturated heterocycles. The highest BCUT2D eigenvalue weighted by Crippen LogP contribution is 2.18. The molecule has 28 heavy (non-hydrogen) atoms. The third-order valence-electron chi connectivity index (χ3n) is 5.16. The lowest BCUT2D eigenvalue weighted by Gasteiger charge is -2.15. The van der Waals surface area contributed by atoms with Gasteiger partial charge in [0.15, 0.2) is 0 Å². The van der Waals surface area contributed by atoms with Crippen molar-refractivity contribution in [2.75, 3.05) is 0 Å². The number of carbonyl (C=O) groups excluding carboxylic acids is 2. The van der Waals surface area contributed by atoms with Crippen molar-refractivity contribution < 1.29 is 9.59 Å². The third kappa shape index (κ3) is 4.49. The minimum Gasteiger partial charge on any atom is -0.349 e. The molecule has 0 aliphatic heterocycles. The SMILES string of the molecule is Cc1nn(C)cc1[C@H](C)NC(=O)Cn1cccc(C(=O)NC2CCCC2)c1=O. The van der Waals surface area contributed by atoms with Gasteiger partial charge in [0.05, 0.1) is 11.7 Å². The molecule has 1 atom stereocenters. The number of hydrogen-bond acceptors (Lipinski definition) is 4. The summed E-state index contributed by atoms with van der Waals surface area (Å²) in [5, 5.41) is 10.1. The fraction of sp³-hybridized carbons (Fsp3) is 0.500. The number of nitrogens with one attached hydrogen (secondary N) is 2. The average molecular weight is 385 g/mol. The molecule has 2 heterocycles. The summed E-state index contributed by atoms with van der Waals surface area (Å²) < 4.78 is 2.96. The molecule has 3 rings (SSSR count). The van der Waals surface area contributed by atoms with E-state index < -0.39 is 5.56 Å². The summed E-state index contributed by atoms with van der Waals surface area (Å²) in [7, 11) is 1.83. The lowest BCUT2D eigenvalue weighted by atomic mass is 10.1. The summed E-state index contributed by atoms with van der Waals surface area (Å²) in [6, 6.07) is 3.02. The number of amides is 2. The van der Waals surface area contributed by atoms with Crippen LogP contribution >= 0.6 is 0 Å². The smallest absolute Gasteiger partial charge is 0.263 e. The van der Waals surface area contributed by atoms with Gasteiger partial charge in [0.25, 0.3) is 11.5 Å². The molecule has 1 aliphatic carbocycles. The second-order valence-corrected chi connectivity index (χ2v) is 7.44. The Morgan fingerprint density at radius 3 is 2.68 bits per heavy atom. The van der Waals surface area contributed by atoms with Gasteiger partial charge in [-0.25, -0.2) is 0 Å². The van der Waals surface area contributed by atoms with Crippen molar-refractivity contribution >= 4 is 11.8 Å². The van der Waals surface area contributed by atoms with E-state index in [1.54, 1.807) is 10.7 Å². The van der Waals surface area contributed by atoms with Crippen LogP contribution in [-0.4, -0.2) is 32.2 Å². The van der Waals surface area contributed by atoms with Gasteiger partial charge < -0.3 is 15.2 Å². The van der Waals surface area contributed by atoms with Crippen LogP contribution in [0.5, 0.6) is 0 Å². The number of aromatic nitrogens is 3. The first-order chi connectivity index (χ1) is 13.3. The Labute approximate surface area is 163 Å². The summed E-state index contributed by atoms with van der Waals surface area (Å²) >= 11 is 0. The zero-order chi connectivity index (χ0) is 20.3. The summed E-state index contributed by atoms with van der Waals surface area (Å²) in [6.45, 7) is 3.61. The number of pyridine rings is 1. The molecule has 0 spiro atoms. The predicted octanol–water partition coefficient (Wildman–Crippen LogP) is 1.44. The van der Waals surface area contributed by atoms with Gasteiger partial charge in [-0.15, -0.1) is 0 Å². The molecule has 0 unspecified atom stereocenters. The average Bonchev–Trinajstić information content (AvgIpc) is 3.25. The number of carbonyl (C=O) groups is 2. The van der Waals surface area contributed by atoms with Crippen LogP contribution in [-0.2, 0) is 18.4 Å². The Hall–Kier alpha value is -2.90. The zero-order valence-corrected chi connectivity index (χ0v) is 16.6. The molecule has 1 fully saturated rings. The Balaban J connectivity index is 1.66. The first-order valence-corrected chi connectivity index (χ1v) is 9.65. The summed E-state index contributed by atoms with van der Waals surface area (Å²) in [6.07, 6.45) is 7.47. The zero-order valence-electron chi connectivity index (χ0n) is 16.6. The van der Waals surface area contributed by atoms with Crippen LogP contribution in [0, 0.1) is 6.92 Å². The Bertz CT molecular complexity index is 924. The fourth-order valence-electron chi connectivity index (χ4n) is 3.73. The van der Waals surface area contributed by atoms with Gasteiger partial charge in [0.1, 0.15) is 12.1 Å². The highest BCUT2D eigenvalue weighted by atomic mass is 16.2. The maximum atomic E-state index is 12.6. The van der Waals surface area contributed by atoms with Crippen molar-refractivity contribution in [1.82, 2.24) is 25.0 Å². The number of aryl methyl sites for hydroxylation is 2. The lowest BCUT2D eigenvalue weighted by Crippen LogP contribution is -2.39. The normalized spacial score (nSPS) is 15.4. The first kappa shape index (κ1) is 19.9. The molecule has 150 valence electrons. The fourth-order valence-corrected chi connectivity index (χ4v) is 3.73. The standard InChI is InChI=1S/C20H27N5O3/c1-13(17-11-24(3)23-14(17)2)21-18(26)12-25-10-6-9-16(20(25)28)19(27)22-15-7-4-5-8-15/h6,9-11,13,15H,4-5,7-8,12H2,1-3H3,(H,21,26)(H,22,27)/t13-/m0/s1. The van der Waals surface area contributed by atoms with Crippen molar-refractivity contribution in [2.24, 2.45) is 7.05 Å². The largest absolute Gasteiger partial charge is 0.349 e. The number of rotatable bonds is 6. The predicted molar refractivity (Wildman–Crippen MR) is 105 cm³/mol. The molecule has 1 aliphatic rings. The van der Waals surface area contributed by atoms with Gasteiger partial charge in [-0.1, -0.05) is 12.8 Å². The van der Waals surface area contributed by atoms with Crippen LogP contribution in [0.15, 0.2) is 29.3 Å². The molecule has 1 saturated carbocycles. The van der Waals surface area contributed by atoms with Crippen LogP contribution < -0.4 is 16.2 Å². The summed E-state index contributed by atoms with van der Waals surface area (Å²) in [4.78, 5) is 37.5. The van der Waals surface area contributed by atoms with Crippen LogP contribution in [0.2, 0.25) is 0 Å². The van der Waals surface area contributed by atoms with E-state index in [-0.39, 0.29) is 36.0 Å². The molecule has 0 aromatic carbocycles. The minimum absolute atomic E-state index is 0.0679. The van der Waals surface area contributed by atoms with Crippen molar-refractivity contribution in [3.8, 4) is 0 Å². The van der Waals surface area contributed by atoms with Gasteiger partial charge in [-0.2, -0.15) is 5.10 Å². The van der Waals surface area contributed by atoms with Gasteiger partial charge >= 0.3 is 0 Å². The number of hydrogen-bond donors (Lipinski definition) is 2. The monoisotopic (exact) mass is 385 g/mol. The van der Waals surface area contributed by atoms with Crippen molar-refractivity contribution in [2.45, 2.75) is 58.2 Å². The van der Waals surface area contributed by atoms with Crippen molar-refractivity contribution in [3.05, 3.63) is 51.7 Å². The second kappa shape index (κ2) is 8.41. The van der Waals surface area contributed by atoms with Crippen LogP contribution in [0.3, 0.4) is 0 Å². The molecule has 0 bridgehead atoms. The Kier molecular flexibility index (Phi) is 5.96. The van der Waals surface area contributed by atoms with Gasteiger partial charge in [-0.05, 0) is 38.8 Å². The quantitative estimate of drug-likeness (QED) is 0.786. The van der Waals surface area contributed by atoms with Gasteiger partial charge in [0, 0.05) is 31.0 Å². The molecule has 2 aromatic heterocycles. The van der Waals surface area contributed by atoms with E-state index in [0.717, 1.165) is 36.9 Å². The van der Waals surface area contributed by atoms with Crippen LogP contribution in [0.4, 0.5) is 0 Å². The van der Waals surface area contributed by atoms with Crippen molar-refractivity contribution in [3.63, 3.8) is 0 Å². The summed E-state index contributed by atoms with van der Waals surface area (Å²) in [5.41, 5.74) is 1.38. The molecule has 2 aromatic rings.